The molecule has 0 unspecified atom stereocenters. The molecule has 0 bridgehead atoms. The van der Waals surface area contributed by atoms with Crippen molar-refractivity contribution in [2.45, 2.75) is 6.92 Å². The molecule has 1 aliphatic rings. The third-order valence-corrected chi connectivity index (χ3v) is 3.56. The predicted octanol–water partition coefficient (Wildman–Crippen LogP) is -1.84. The van der Waals surface area contributed by atoms with Crippen molar-refractivity contribution in [2.24, 2.45) is 0 Å². The van der Waals surface area contributed by atoms with Crippen LogP contribution in [-0.2, 0) is 23.9 Å². The molecule has 0 atom stereocenters. The highest BCUT2D eigenvalue weighted by molar-refractivity contribution is 5.90. The lowest BCUT2D eigenvalue weighted by atomic mass is 10.3. The molecular formula is C14H23N3O7. The van der Waals surface area contributed by atoms with Gasteiger partial charge in [0.25, 0.3) is 0 Å². The van der Waals surface area contributed by atoms with Crippen molar-refractivity contribution < 1.29 is 34.1 Å². The number of hydrogen-bond acceptors (Lipinski definition) is 8. The number of carboxylic acids is 2. The fourth-order valence-electron chi connectivity index (χ4n) is 2.34. The fourth-order valence-corrected chi connectivity index (χ4v) is 2.34. The van der Waals surface area contributed by atoms with Gasteiger partial charge in [0.1, 0.15) is 0 Å². The first-order chi connectivity index (χ1) is 11.3. The third kappa shape index (κ3) is 7.99. The van der Waals surface area contributed by atoms with E-state index in [0.29, 0.717) is 32.7 Å². The first kappa shape index (κ1) is 20.0. The van der Waals surface area contributed by atoms with Crippen molar-refractivity contribution >= 4 is 23.9 Å². The van der Waals surface area contributed by atoms with Crippen LogP contribution in [0.2, 0.25) is 0 Å². The van der Waals surface area contributed by atoms with E-state index in [1.54, 1.807) is 14.7 Å². The number of morpholine rings is 1. The van der Waals surface area contributed by atoms with E-state index < -0.39 is 23.9 Å². The van der Waals surface area contributed by atoms with Crippen LogP contribution in [0.25, 0.3) is 0 Å². The van der Waals surface area contributed by atoms with Gasteiger partial charge in [-0.05, 0) is 6.54 Å². The number of hydrogen-bond donors (Lipinski definition) is 2. The second-order valence-electron chi connectivity index (χ2n) is 5.49. The molecule has 24 heavy (non-hydrogen) atoms. The minimum Gasteiger partial charge on any atom is -0.480 e. The number of nitrogens with zero attached hydrogens (tertiary/aromatic N) is 3. The van der Waals surface area contributed by atoms with E-state index in [1.807, 2.05) is 6.92 Å². The molecule has 0 aromatic rings. The minimum absolute atomic E-state index is 0.00719. The standard InChI is InChI=1S/C14H23N3O7/c1-2-15(7-11(18)19)3-4-16(8-12(20)21)5-6-17-9-13(22)24-14(23)10-17/h2-10H2,1H3,(H,18,19)(H,20,21). The maximum Gasteiger partial charge on any atom is 0.327 e. The number of carboxylic acid groups (broad SMARTS) is 2. The Kier molecular flexibility index (Phi) is 8.30. The highest BCUT2D eigenvalue weighted by atomic mass is 16.6. The summed E-state index contributed by atoms with van der Waals surface area (Å²) in [5.41, 5.74) is 0. The van der Waals surface area contributed by atoms with Gasteiger partial charge in [0.15, 0.2) is 0 Å². The van der Waals surface area contributed by atoms with Crippen molar-refractivity contribution in [1.82, 2.24) is 14.7 Å². The first-order valence-electron chi connectivity index (χ1n) is 7.64. The van der Waals surface area contributed by atoms with E-state index in [9.17, 15) is 19.2 Å². The van der Waals surface area contributed by atoms with Crippen molar-refractivity contribution in [3.8, 4) is 0 Å². The quantitative estimate of drug-likeness (QED) is 0.326. The lowest BCUT2D eigenvalue weighted by molar-refractivity contribution is -0.167. The largest absolute Gasteiger partial charge is 0.480 e. The zero-order valence-corrected chi connectivity index (χ0v) is 13.6. The molecule has 1 fully saturated rings. The zero-order chi connectivity index (χ0) is 18.1. The second kappa shape index (κ2) is 9.96. The van der Waals surface area contributed by atoms with Crippen LogP contribution in [-0.4, -0.2) is 108 Å². The van der Waals surface area contributed by atoms with Gasteiger partial charge in [0, 0.05) is 26.2 Å². The summed E-state index contributed by atoms with van der Waals surface area (Å²) < 4.78 is 4.43. The molecule has 0 spiro atoms. The Morgan fingerprint density at radius 3 is 2.00 bits per heavy atom. The van der Waals surface area contributed by atoms with Crippen molar-refractivity contribution in [3.05, 3.63) is 0 Å². The van der Waals surface area contributed by atoms with E-state index in [-0.39, 0.29) is 26.2 Å². The highest BCUT2D eigenvalue weighted by Gasteiger charge is 2.25. The lowest BCUT2D eigenvalue weighted by Crippen LogP contribution is -2.47. The van der Waals surface area contributed by atoms with Crippen LogP contribution >= 0.6 is 0 Å². The van der Waals surface area contributed by atoms with Gasteiger partial charge in [0.2, 0.25) is 0 Å². The summed E-state index contributed by atoms with van der Waals surface area (Å²) in [5, 5.41) is 17.8. The maximum atomic E-state index is 11.2. The van der Waals surface area contributed by atoms with Crippen molar-refractivity contribution in [3.63, 3.8) is 0 Å². The highest BCUT2D eigenvalue weighted by Crippen LogP contribution is 2.01. The van der Waals surface area contributed by atoms with Gasteiger partial charge in [-0.25, -0.2) is 0 Å². The number of ether oxygens (including phenoxy) is 1. The Hall–Kier alpha value is -2.04. The van der Waals surface area contributed by atoms with Crippen LogP contribution in [0.5, 0.6) is 0 Å². The van der Waals surface area contributed by atoms with E-state index in [4.69, 9.17) is 10.2 Å². The van der Waals surface area contributed by atoms with Gasteiger partial charge < -0.3 is 14.9 Å². The lowest BCUT2D eigenvalue weighted by Gasteiger charge is -2.29. The molecule has 2 N–H and O–H groups in total. The summed E-state index contributed by atoms with van der Waals surface area (Å²) in [6.07, 6.45) is 0. The molecule has 0 saturated carbocycles. The van der Waals surface area contributed by atoms with Crippen molar-refractivity contribution in [1.29, 1.82) is 0 Å². The normalized spacial score (nSPS) is 15.8. The average molecular weight is 345 g/mol. The zero-order valence-electron chi connectivity index (χ0n) is 13.6. The monoisotopic (exact) mass is 345 g/mol. The first-order valence-corrected chi connectivity index (χ1v) is 7.64. The molecular weight excluding hydrogens is 322 g/mol. The van der Waals surface area contributed by atoms with Gasteiger partial charge in [-0.15, -0.1) is 0 Å². The van der Waals surface area contributed by atoms with E-state index in [2.05, 4.69) is 4.74 Å². The van der Waals surface area contributed by atoms with Crippen LogP contribution in [0.1, 0.15) is 6.92 Å². The topological polar surface area (TPSA) is 128 Å². The molecule has 1 heterocycles. The van der Waals surface area contributed by atoms with Crippen LogP contribution in [0.4, 0.5) is 0 Å². The summed E-state index contributed by atoms with van der Waals surface area (Å²) in [5.74, 6) is -3.17. The average Bonchev–Trinajstić information content (AvgIpc) is 2.46. The summed E-state index contributed by atoms with van der Waals surface area (Å²) in [6.45, 7) is 3.53. The van der Waals surface area contributed by atoms with E-state index in [0.717, 1.165) is 0 Å². The number of carbonyl (C=O) groups excluding carboxylic acids is 2. The molecule has 10 heteroatoms. The van der Waals surface area contributed by atoms with Gasteiger partial charge >= 0.3 is 23.9 Å². The summed E-state index contributed by atoms with van der Waals surface area (Å²) in [4.78, 5) is 49.1. The minimum atomic E-state index is -0.995. The molecule has 0 amide bonds. The Morgan fingerprint density at radius 2 is 1.50 bits per heavy atom. The molecule has 1 aliphatic heterocycles. The Balaban J connectivity index is 2.49. The predicted molar refractivity (Wildman–Crippen MR) is 81.4 cm³/mol. The number of likely N-dealkylation sites (N-methyl/N-ethyl adjacent to an activating group) is 1. The third-order valence-electron chi connectivity index (χ3n) is 3.56. The molecule has 10 nitrogen and oxygen atoms in total. The van der Waals surface area contributed by atoms with Gasteiger partial charge in [-0.2, -0.15) is 0 Å². The van der Waals surface area contributed by atoms with Crippen LogP contribution in [0, 0.1) is 0 Å². The van der Waals surface area contributed by atoms with Gasteiger partial charge in [0.05, 0.1) is 26.2 Å². The van der Waals surface area contributed by atoms with E-state index in [1.165, 1.54) is 0 Å². The smallest absolute Gasteiger partial charge is 0.327 e. The Labute approximate surface area is 139 Å². The summed E-state index contributed by atoms with van der Waals surface area (Å²) in [7, 11) is 0. The molecule has 0 aliphatic carbocycles. The SMILES string of the molecule is CCN(CCN(CCN1CC(=O)OC(=O)C1)CC(=O)O)CC(=O)O. The van der Waals surface area contributed by atoms with Crippen molar-refractivity contribution in [2.75, 3.05) is 58.9 Å². The number of cyclic esters (lactones) is 2. The molecule has 0 radical (unpaired) electrons. The molecule has 1 saturated heterocycles. The maximum absolute atomic E-state index is 11.2. The Morgan fingerprint density at radius 1 is 1.00 bits per heavy atom. The summed E-state index contributed by atoms with van der Waals surface area (Å²) >= 11 is 0. The molecule has 1 rings (SSSR count). The van der Waals surface area contributed by atoms with E-state index >= 15 is 0 Å². The molecule has 136 valence electrons. The fraction of sp³-hybridized carbons (Fsp3) is 0.714. The van der Waals surface area contributed by atoms with Crippen LogP contribution in [0.15, 0.2) is 0 Å². The van der Waals surface area contributed by atoms with Crippen LogP contribution in [0.3, 0.4) is 0 Å². The Bertz CT molecular complexity index is 467. The number of aliphatic carboxylic acids is 2. The number of carbonyl (C=O) groups is 4. The van der Waals surface area contributed by atoms with Gasteiger partial charge in [-0.3, -0.25) is 33.9 Å². The molecule has 0 aromatic carbocycles. The summed E-state index contributed by atoms with van der Waals surface area (Å²) in [6, 6.07) is 0. The molecule has 0 aromatic heterocycles. The second-order valence-corrected chi connectivity index (χ2v) is 5.49. The van der Waals surface area contributed by atoms with Gasteiger partial charge in [-0.1, -0.05) is 6.92 Å². The number of esters is 2. The number of rotatable bonds is 11. The van der Waals surface area contributed by atoms with Crippen LogP contribution < -0.4 is 0 Å².